The third kappa shape index (κ3) is 1.76. The molecule has 0 amide bonds. The molecule has 0 aromatic carbocycles. The van der Waals surface area contributed by atoms with Gasteiger partial charge in [-0.15, -0.1) is 0 Å². The van der Waals surface area contributed by atoms with Crippen LogP contribution in [0.25, 0.3) is 11.3 Å². The number of rotatable bonds is 1. The van der Waals surface area contributed by atoms with Gasteiger partial charge < -0.3 is 0 Å². The molecule has 0 aliphatic rings. The second-order valence-corrected chi connectivity index (χ2v) is 3.11. The van der Waals surface area contributed by atoms with Crippen LogP contribution in [0.15, 0.2) is 36.8 Å². The normalized spacial score (nSPS) is 10.1. The van der Waals surface area contributed by atoms with E-state index < -0.39 is 0 Å². The maximum absolute atomic E-state index is 12.8. The Morgan fingerprint density at radius 1 is 1.14 bits per heavy atom. The molecule has 0 unspecified atom stereocenters. The van der Waals surface area contributed by atoms with Gasteiger partial charge in [-0.2, -0.15) is 0 Å². The predicted molar refractivity (Wildman–Crippen MR) is 52.2 cm³/mol. The molecule has 2 rings (SSSR count). The van der Waals surface area contributed by atoms with Crippen LogP contribution in [0.5, 0.6) is 0 Å². The molecule has 2 aromatic rings. The monoisotopic (exact) mass is 188 g/mol. The molecule has 2 heterocycles. The van der Waals surface area contributed by atoms with Crippen molar-refractivity contribution in [2.45, 2.75) is 6.92 Å². The zero-order valence-corrected chi connectivity index (χ0v) is 7.74. The van der Waals surface area contributed by atoms with E-state index in [1.807, 2.05) is 19.1 Å². The second kappa shape index (κ2) is 3.54. The highest BCUT2D eigenvalue weighted by atomic mass is 19.1. The van der Waals surface area contributed by atoms with E-state index in [-0.39, 0.29) is 5.82 Å². The number of pyridine rings is 2. The zero-order chi connectivity index (χ0) is 9.97. The molecule has 0 bridgehead atoms. The summed E-state index contributed by atoms with van der Waals surface area (Å²) in [5, 5.41) is 0. The van der Waals surface area contributed by atoms with Crippen molar-refractivity contribution in [1.29, 1.82) is 0 Å². The minimum atomic E-state index is -0.343. The molecule has 0 fully saturated rings. The Morgan fingerprint density at radius 2 is 2.00 bits per heavy atom. The summed E-state index contributed by atoms with van der Waals surface area (Å²) in [7, 11) is 0. The lowest BCUT2D eigenvalue weighted by Crippen LogP contribution is -1.86. The molecule has 0 aliphatic heterocycles. The van der Waals surface area contributed by atoms with Gasteiger partial charge in [-0.25, -0.2) is 4.39 Å². The fourth-order valence-corrected chi connectivity index (χ4v) is 1.19. The van der Waals surface area contributed by atoms with Crippen LogP contribution in [-0.2, 0) is 0 Å². The maximum atomic E-state index is 12.8. The maximum Gasteiger partial charge on any atom is 0.142 e. The van der Waals surface area contributed by atoms with E-state index in [1.165, 1.54) is 12.3 Å². The first-order valence-electron chi connectivity index (χ1n) is 4.29. The van der Waals surface area contributed by atoms with Gasteiger partial charge >= 0.3 is 0 Å². The molecule has 0 saturated carbocycles. The van der Waals surface area contributed by atoms with Crippen molar-refractivity contribution in [1.82, 2.24) is 9.97 Å². The molecule has 0 N–H and O–H groups in total. The third-order valence-corrected chi connectivity index (χ3v) is 1.91. The highest BCUT2D eigenvalue weighted by molar-refractivity contribution is 5.57. The van der Waals surface area contributed by atoms with Gasteiger partial charge in [0.05, 0.1) is 11.9 Å². The van der Waals surface area contributed by atoms with Gasteiger partial charge in [0.2, 0.25) is 0 Å². The Kier molecular flexibility index (Phi) is 2.23. The van der Waals surface area contributed by atoms with Crippen molar-refractivity contribution in [3.63, 3.8) is 0 Å². The average molecular weight is 188 g/mol. The topological polar surface area (TPSA) is 25.8 Å². The number of hydrogen-bond acceptors (Lipinski definition) is 2. The van der Waals surface area contributed by atoms with Gasteiger partial charge in [0.15, 0.2) is 0 Å². The molecule has 0 atom stereocenters. The number of nitrogens with zero attached hydrogens (tertiary/aromatic N) is 2. The standard InChI is InChI=1S/C11H9FN2/c1-8-2-3-11(14-5-8)9-4-10(12)7-13-6-9/h2-7H,1H3. The van der Waals surface area contributed by atoms with E-state index in [2.05, 4.69) is 9.97 Å². The molecule has 0 spiro atoms. The number of aryl methyl sites for hydroxylation is 1. The number of aromatic nitrogens is 2. The summed E-state index contributed by atoms with van der Waals surface area (Å²) < 4.78 is 12.8. The van der Waals surface area contributed by atoms with E-state index in [0.29, 0.717) is 5.56 Å². The Balaban J connectivity index is 2.44. The molecule has 0 saturated heterocycles. The van der Waals surface area contributed by atoms with Crippen molar-refractivity contribution in [2.75, 3.05) is 0 Å². The quantitative estimate of drug-likeness (QED) is 0.687. The second-order valence-electron chi connectivity index (χ2n) is 3.11. The van der Waals surface area contributed by atoms with E-state index in [4.69, 9.17) is 0 Å². The van der Waals surface area contributed by atoms with Crippen LogP contribution in [-0.4, -0.2) is 9.97 Å². The van der Waals surface area contributed by atoms with Crippen LogP contribution >= 0.6 is 0 Å². The highest BCUT2D eigenvalue weighted by Gasteiger charge is 2.00. The van der Waals surface area contributed by atoms with Gasteiger partial charge in [-0.3, -0.25) is 9.97 Å². The molecule has 2 nitrogen and oxygen atoms in total. The van der Waals surface area contributed by atoms with Crippen molar-refractivity contribution in [3.8, 4) is 11.3 Å². The fraction of sp³-hybridized carbons (Fsp3) is 0.0909. The molecular weight excluding hydrogens is 179 g/mol. The van der Waals surface area contributed by atoms with Gasteiger partial charge in [-0.05, 0) is 24.6 Å². The van der Waals surface area contributed by atoms with Crippen LogP contribution in [0.4, 0.5) is 4.39 Å². The van der Waals surface area contributed by atoms with Gasteiger partial charge in [0, 0.05) is 18.0 Å². The summed E-state index contributed by atoms with van der Waals surface area (Å²) in [6.45, 7) is 1.96. The van der Waals surface area contributed by atoms with Crippen LogP contribution in [0.3, 0.4) is 0 Å². The summed E-state index contributed by atoms with van der Waals surface area (Å²) in [6, 6.07) is 5.21. The van der Waals surface area contributed by atoms with Crippen molar-refractivity contribution in [3.05, 3.63) is 48.2 Å². The summed E-state index contributed by atoms with van der Waals surface area (Å²) >= 11 is 0. The number of halogens is 1. The van der Waals surface area contributed by atoms with Crippen LogP contribution in [0.2, 0.25) is 0 Å². The smallest absolute Gasteiger partial charge is 0.142 e. The molecule has 14 heavy (non-hydrogen) atoms. The Labute approximate surface area is 81.5 Å². The SMILES string of the molecule is Cc1ccc(-c2cncc(F)c2)nc1. The minimum Gasteiger partial charge on any atom is -0.261 e. The Morgan fingerprint density at radius 3 is 2.64 bits per heavy atom. The van der Waals surface area contributed by atoms with E-state index in [9.17, 15) is 4.39 Å². The predicted octanol–water partition coefficient (Wildman–Crippen LogP) is 2.59. The fourth-order valence-electron chi connectivity index (χ4n) is 1.19. The lowest BCUT2D eigenvalue weighted by molar-refractivity contribution is 0.622. The molecule has 0 radical (unpaired) electrons. The van der Waals surface area contributed by atoms with Crippen LogP contribution in [0, 0.1) is 12.7 Å². The molecule has 3 heteroatoms. The Hall–Kier alpha value is -1.77. The highest BCUT2D eigenvalue weighted by Crippen LogP contribution is 2.16. The first-order valence-corrected chi connectivity index (χ1v) is 4.29. The first kappa shape index (κ1) is 8.81. The molecule has 0 aliphatic carbocycles. The summed E-state index contributed by atoms with van der Waals surface area (Å²) in [5.41, 5.74) is 2.52. The van der Waals surface area contributed by atoms with Crippen LogP contribution in [0.1, 0.15) is 5.56 Å². The molecule has 2 aromatic heterocycles. The first-order chi connectivity index (χ1) is 6.75. The molecule has 70 valence electrons. The van der Waals surface area contributed by atoms with E-state index >= 15 is 0 Å². The summed E-state index contributed by atoms with van der Waals surface area (Å²) in [6.07, 6.45) is 4.53. The average Bonchev–Trinajstić information content (AvgIpc) is 2.19. The lowest BCUT2D eigenvalue weighted by atomic mass is 10.2. The van der Waals surface area contributed by atoms with Gasteiger partial charge in [0.1, 0.15) is 5.82 Å². The largest absolute Gasteiger partial charge is 0.261 e. The van der Waals surface area contributed by atoms with E-state index in [1.54, 1.807) is 12.4 Å². The van der Waals surface area contributed by atoms with Crippen LogP contribution < -0.4 is 0 Å². The van der Waals surface area contributed by atoms with Gasteiger partial charge in [0.25, 0.3) is 0 Å². The lowest BCUT2D eigenvalue weighted by Gasteiger charge is -2.00. The minimum absolute atomic E-state index is 0.343. The van der Waals surface area contributed by atoms with Gasteiger partial charge in [-0.1, -0.05) is 6.07 Å². The zero-order valence-electron chi connectivity index (χ0n) is 7.74. The van der Waals surface area contributed by atoms with Crippen molar-refractivity contribution < 1.29 is 4.39 Å². The summed E-state index contributed by atoms with van der Waals surface area (Å²) in [5.74, 6) is -0.343. The van der Waals surface area contributed by atoms with Crippen molar-refractivity contribution >= 4 is 0 Å². The number of hydrogen-bond donors (Lipinski definition) is 0. The third-order valence-electron chi connectivity index (χ3n) is 1.91. The molecular formula is C11H9FN2. The van der Waals surface area contributed by atoms with E-state index in [0.717, 1.165) is 11.3 Å². The Bertz CT molecular complexity index is 437. The summed E-state index contributed by atoms with van der Waals surface area (Å²) in [4.78, 5) is 7.95. The van der Waals surface area contributed by atoms with Crippen molar-refractivity contribution in [2.24, 2.45) is 0 Å².